The highest BCUT2D eigenvalue weighted by atomic mass is 16.5. The van der Waals surface area contributed by atoms with Crippen molar-refractivity contribution >= 4 is 5.91 Å². The van der Waals surface area contributed by atoms with E-state index < -0.39 is 0 Å². The number of hydrogen-bond donors (Lipinski definition) is 1. The van der Waals surface area contributed by atoms with Gasteiger partial charge in [0, 0.05) is 37.2 Å². The maximum absolute atomic E-state index is 12.6. The molecule has 3 rings (SSSR count). The van der Waals surface area contributed by atoms with Crippen molar-refractivity contribution in [3.05, 3.63) is 52.6 Å². The second-order valence-electron chi connectivity index (χ2n) is 10.7. The van der Waals surface area contributed by atoms with Crippen LogP contribution in [0.5, 0.6) is 17.2 Å². The van der Waals surface area contributed by atoms with E-state index in [-0.39, 0.29) is 12.3 Å². The molecule has 1 N–H and O–H groups in total. The van der Waals surface area contributed by atoms with Gasteiger partial charge < -0.3 is 24.4 Å². The standard InChI is InChI=1S/C31H47N3O4/c1-8-28(27-12-14-29(23(3)22(27)2)38-16-10-9-15-33(4)5)34-20-24(21-34)19-32-31(35)18-25-17-26(36-6)11-13-30(25)37-7/h11-14,17,24,28H,8-10,15-16,18-21H2,1-7H3,(H,32,35). The number of amides is 1. The summed E-state index contributed by atoms with van der Waals surface area (Å²) < 4.78 is 16.8. The van der Waals surface area contributed by atoms with E-state index in [2.05, 4.69) is 62.1 Å². The molecule has 2 aromatic carbocycles. The first-order valence-corrected chi connectivity index (χ1v) is 13.9. The molecule has 1 atom stereocenters. The van der Waals surface area contributed by atoms with Gasteiger partial charge in [-0.25, -0.2) is 0 Å². The summed E-state index contributed by atoms with van der Waals surface area (Å²) in [6, 6.07) is 10.3. The second kappa shape index (κ2) is 14.4. The van der Waals surface area contributed by atoms with Crippen LogP contribution >= 0.6 is 0 Å². The van der Waals surface area contributed by atoms with Gasteiger partial charge in [-0.15, -0.1) is 0 Å². The van der Waals surface area contributed by atoms with Crippen molar-refractivity contribution in [3.63, 3.8) is 0 Å². The minimum absolute atomic E-state index is 0.00539. The summed E-state index contributed by atoms with van der Waals surface area (Å²) in [7, 11) is 7.45. The molecular weight excluding hydrogens is 478 g/mol. The molecular formula is C31H47N3O4. The molecule has 38 heavy (non-hydrogen) atoms. The number of hydrogen-bond acceptors (Lipinski definition) is 6. The first-order chi connectivity index (χ1) is 18.3. The maximum Gasteiger partial charge on any atom is 0.224 e. The number of methoxy groups -OCH3 is 2. The molecule has 0 spiro atoms. The molecule has 1 aliphatic rings. The van der Waals surface area contributed by atoms with Crippen molar-refractivity contribution in [2.24, 2.45) is 5.92 Å². The quantitative estimate of drug-likeness (QED) is 0.338. The Morgan fingerprint density at radius 3 is 2.45 bits per heavy atom. The fourth-order valence-electron chi connectivity index (χ4n) is 5.23. The van der Waals surface area contributed by atoms with Gasteiger partial charge in [0.1, 0.15) is 17.2 Å². The van der Waals surface area contributed by atoms with Crippen LogP contribution in [0.1, 0.15) is 54.5 Å². The smallest absolute Gasteiger partial charge is 0.224 e. The molecule has 0 bridgehead atoms. The Hall–Kier alpha value is -2.77. The SMILES string of the molecule is CCC(c1ccc(OCCCCN(C)C)c(C)c1C)N1CC(CNC(=O)Cc2cc(OC)ccc2OC)C1. The first-order valence-electron chi connectivity index (χ1n) is 13.9. The normalized spacial score (nSPS) is 14.7. The van der Waals surface area contributed by atoms with Gasteiger partial charge in [-0.3, -0.25) is 9.69 Å². The number of rotatable bonds is 15. The summed E-state index contributed by atoms with van der Waals surface area (Å²) in [4.78, 5) is 17.4. The molecule has 0 radical (unpaired) electrons. The van der Waals surface area contributed by atoms with Crippen LogP contribution in [0.2, 0.25) is 0 Å². The zero-order valence-electron chi connectivity index (χ0n) is 24.4. The fraction of sp³-hybridized carbons (Fsp3) is 0.581. The van der Waals surface area contributed by atoms with Crippen LogP contribution in [0.25, 0.3) is 0 Å². The van der Waals surface area contributed by atoms with E-state index in [1.165, 1.54) is 16.7 Å². The number of ether oxygens (including phenoxy) is 3. The number of nitrogens with zero attached hydrogens (tertiary/aromatic N) is 2. The predicted molar refractivity (Wildman–Crippen MR) is 154 cm³/mol. The summed E-state index contributed by atoms with van der Waals surface area (Å²) in [5, 5.41) is 3.12. The van der Waals surface area contributed by atoms with Crippen LogP contribution in [0.15, 0.2) is 30.3 Å². The van der Waals surface area contributed by atoms with Crippen molar-refractivity contribution in [1.82, 2.24) is 15.1 Å². The number of nitrogens with one attached hydrogen (secondary N) is 1. The second-order valence-corrected chi connectivity index (χ2v) is 10.7. The highest BCUT2D eigenvalue weighted by Gasteiger charge is 2.33. The average Bonchev–Trinajstić information content (AvgIpc) is 2.87. The van der Waals surface area contributed by atoms with Gasteiger partial charge in [0.05, 0.1) is 27.2 Å². The molecule has 1 amide bonds. The molecule has 1 unspecified atom stereocenters. The summed E-state index contributed by atoms with van der Waals surface area (Å²) >= 11 is 0. The third kappa shape index (κ3) is 7.87. The van der Waals surface area contributed by atoms with Crippen molar-refractivity contribution < 1.29 is 19.0 Å². The summed E-state index contributed by atoms with van der Waals surface area (Å²) in [5.41, 5.74) is 4.78. The van der Waals surface area contributed by atoms with Crippen LogP contribution in [-0.2, 0) is 11.2 Å². The van der Waals surface area contributed by atoms with Gasteiger partial charge in [0.25, 0.3) is 0 Å². The van der Waals surface area contributed by atoms with Crippen LogP contribution < -0.4 is 19.5 Å². The lowest BCUT2D eigenvalue weighted by atomic mass is 9.89. The van der Waals surface area contributed by atoms with E-state index in [0.29, 0.717) is 24.3 Å². The maximum atomic E-state index is 12.6. The van der Waals surface area contributed by atoms with Gasteiger partial charge in [-0.1, -0.05) is 13.0 Å². The Morgan fingerprint density at radius 2 is 1.79 bits per heavy atom. The minimum Gasteiger partial charge on any atom is -0.497 e. The Kier molecular flexibility index (Phi) is 11.3. The molecule has 1 fully saturated rings. The topological polar surface area (TPSA) is 63.3 Å². The highest BCUT2D eigenvalue weighted by Crippen LogP contribution is 2.36. The molecule has 1 aliphatic heterocycles. The fourth-order valence-corrected chi connectivity index (χ4v) is 5.23. The minimum atomic E-state index is 0.00539. The van der Waals surface area contributed by atoms with Crippen LogP contribution in [0.4, 0.5) is 0 Å². The summed E-state index contributed by atoms with van der Waals surface area (Å²) in [6.45, 7) is 11.2. The monoisotopic (exact) mass is 525 g/mol. The third-order valence-electron chi connectivity index (χ3n) is 7.63. The van der Waals surface area contributed by atoms with E-state index in [9.17, 15) is 4.79 Å². The molecule has 7 nitrogen and oxygen atoms in total. The Morgan fingerprint density at radius 1 is 1.05 bits per heavy atom. The highest BCUT2D eigenvalue weighted by molar-refractivity contribution is 5.79. The zero-order chi connectivity index (χ0) is 27.7. The van der Waals surface area contributed by atoms with Gasteiger partial charge in [0.15, 0.2) is 0 Å². The number of unbranched alkanes of at least 4 members (excludes halogenated alkanes) is 1. The van der Waals surface area contributed by atoms with Gasteiger partial charge in [0.2, 0.25) is 5.91 Å². The van der Waals surface area contributed by atoms with Crippen LogP contribution in [0.3, 0.4) is 0 Å². The molecule has 1 heterocycles. The Labute approximate surface area is 229 Å². The predicted octanol–water partition coefficient (Wildman–Crippen LogP) is 4.78. The van der Waals surface area contributed by atoms with Gasteiger partial charge in [-0.05, 0) is 94.7 Å². The lowest BCUT2D eigenvalue weighted by Crippen LogP contribution is -2.52. The largest absolute Gasteiger partial charge is 0.497 e. The molecule has 1 saturated heterocycles. The van der Waals surface area contributed by atoms with Gasteiger partial charge in [-0.2, -0.15) is 0 Å². The van der Waals surface area contributed by atoms with Crippen LogP contribution in [-0.4, -0.2) is 76.8 Å². The molecule has 2 aromatic rings. The van der Waals surface area contributed by atoms with Crippen LogP contribution in [0, 0.1) is 19.8 Å². The molecule has 0 aromatic heterocycles. The first kappa shape index (κ1) is 29.8. The van der Waals surface area contributed by atoms with Crippen molar-refractivity contribution in [1.29, 1.82) is 0 Å². The van der Waals surface area contributed by atoms with E-state index in [4.69, 9.17) is 14.2 Å². The van der Waals surface area contributed by atoms with Crippen molar-refractivity contribution in [2.45, 2.75) is 52.5 Å². The Bertz CT molecular complexity index is 1050. The molecule has 210 valence electrons. The number of carbonyl (C=O) groups is 1. The molecule has 0 saturated carbocycles. The average molecular weight is 526 g/mol. The van der Waals surface area contributed by atoms with Gasteiger partial charge >= 0.3 is 0 Å². The number of likely N-dealkylation sites (tertiary alicyclic amines) is 1. The van der Waals surface area contributed by atoms with E-state index in [1.54, 1.807) is 14.2 Å². The lowest BCUT2D eigenvalue weighted by molar-refractivity contribution is -0.121. The van der Waals surface area contributed by atoms with E-state index in [0.717, 1.165) is 62.6 Å². The summed E-state index contributed by atoms with van der Waals surface area (Å²) in [5.74, 6) is 2.90. The van der Waals surface area contributed by atoms with E-state index in [1.807, 2.05) is 18.2 Å². The molecule has 7 heteroatoms. The number of benzene rings is 2. The summed E-state index contributed by atoms with van der Waals surface area (Å²) in [6.07, 6.45) is 3.54. The zero-order valence-corrected chi connectivity index (χ0v) is 24.4. The number of carbonyl (C=O) groups excluding carboxylic acids is 1. The lowest BCUT2D eigenvalue weighted by Gasteiger charge is -2.45. The Balaban J connectivity index is 1.49. The third-order valence-corrected chi connectivity index (χ3v) is 7.63. The van der Waals surface area contributed by atoms with Crippen molar-refractivity contribution in [2.75, 3.05) is 61.1 Å². The van der Waals surface area contributed by atoms with E-state index >= 15 is 0 Å². The van der Waals surface area contributed by atoms with Crippen molar-refractivity contribution in [3.8, 4) is 17.2 Å². The molecule has 0 aliphatic carbocycles.